The first-order valence-electron chi connectivity index (χ1n) is 7.95. The van der Waals surface area contributed by atoms with Crippen LogP contribution in [0.25, 0.3) is 0 Å². The molecule has 21 heavy (non-hydrogen) atoms. The first-order chi connectivity index (χ1) is 9.48. The minimum Gasteiger partial charge on any atom is -0.400 e. The Morgan fingerprint density at radius 3 is 2.19 bits per heavy atom. The first kappa shape index (κ1) is 15.5. The summed E-state index contributed by atoms with van der Waals surface area (Å²) in [4.78, 5) is 2.16. The second kappa shape index (κ2) is 4.33. The molecule has 118 valence electrons. The quantitative estimate of drug-likeness (QED) is 0.694. The first-order valence-corrected chi connectivity index (χ1v) is 7.95. The Labute approximate surface area is 128 Å². The summed E-state index contributed by atoms with van der Waals surface area (Å²) in [7, 11) is 1.59. The molecule has 0 aromatic heterocycles. The maximum atomic E-state index is 15.2. The van der Waals surface area contributed by atoms with Crippen LogP contribution in [0.1, 0.15) is 53.9 Å². The predicted molar refractivity (Wildman–Crippen MR) is 82.9 cm³/mol. The van der Waals surface area contributed by atoms with Gasteiger partial charge in [0.05, 0.1) is 11.2 Å². The van der Waals surface area contributed by atoms with E-state index < -0.39 is 12.8 Å². The number of hydrogen-bond acceptors (Lipinski definition) is 3. The summed E-state index contributed by atoms with van der Waals surface area (Å²) in [6, 6.07) is 0. The van der Waals surface area contributed by atoms with Gasteiger partial charge in [-0.3, -0.25) is 4.90 Å². The Balaban J connectivity index is 1.85. The highest BCUT2D eigenvalue weighted by Gasteiger charge is 2.55. The van der Waals surface area contributed by atoms with Gasteiger partial charge >= 0.3 is 7.12 Å². The van der Waals surface area contributed by atoms with Crippen LogP contribution in [0.4, 0.5) is 4.39 Å². The second-order valence-electron chi connectivity index (χ2n) is 8.31. The normalized spacial score (nSPS) is 43.8. The largest absolute Gasteiger partial charge is 0.487 e. The van der Waals surface area contributed by atoms with Gasteiger partial charge in [0.2, 0.25) is 0 Å². The van der Waals surface area contributed by atoms with Crippen molar-refractivity contribution in [3.8, 4) is 0 Å². The molecule has 4 rings (SSSR count). The zero-order valence-corrected chi connectivity index (χ0v) is 14.1. The Morgan fingerprint density at radius 1 is 1.10 bits per heavy atom. The van der Waals surface area contributed by atoms with Gasteiger partial charge < -0.3 is 9.31 Å². The Kier molecular flexibility index (Phi) is 3.20. The van der Waals surface area contributed by atoms with Crippen molar-refractivity contribution in [1.29, 1.82) is 0 Å². The Hall–Kier alpha value is -0.385. The molecule has 0 amide bonds. The number of halogens is 1. The number of nitrogens with zero attached hydrogens (tertiary/aromatic N) is 1. The van der Waals surface area contributed by atoms with Gasteiger partial charge in [0.15, 0.2) is 0 Å². The van der Waals surface area contributed by atoms with Crippen LogP contribution in [0, 0.1) is 0 Å². The van der Waals surface area contributed by atoms with Crippen LogP contribution in [-0.2, 0) is 9.31 Å². The predicted octanol–water partition coefficient (Wildman–Crippen LogP) is 3.14. The molecule has 2 bridgehead atoms. The van der Waals surface area contributed by atoms with E-state index in [1.165, 1.54) is 0 Å². The summed E-state index contributed by atoms with van der Waals surface area (Å²) in [6.45, 7) is 10.8. The highest BCUT2D eigenvalue weighted by molar-refractivity contribution is 6.51. The van der Waals surface area contributed by atoms with Gasteiger partial charge in [-0.1, -0.05) is 5.98 Å². The molecular weight excluding hydrogens is 268 g/mol. The molecule has 2 atom stereocenters. The molecule has 3 heterocycles. The van der Waals surface area contributed by atoms with Crippen molar-refractivity contribution in [3.05, 3.63) is 11.5 Å². The van der Waals surface area contributed by atoms with Gasteiger partial charge in [-0.25, -0.2) is 4.39 Å². The number of piperidine rings is 2. The minimum absolute atomic E-state index is 0.0727. The monoisotopic (exact) mass is 295 g/mol. The molecule has 4 fully saturated rings. The average molecular weight is 295 g/mol. The van der Waals surface area contributed by atoms with E-state index in [0.717, 1.165) is 18.4 Å². The molecule has 3 saturated heterocycles. The summed E-state index contributed by atoms with van der Waals surface area (Å²) in [6.07, 6.45) is 2.30. The molecule has 3 nitrogen and oxygen atoms in total. The van der Waals surface area contributed by atoms with Gasteiger partial charge in [-0.05, 0) is 66.5 Å². The third-order valence-corrected chi connectivity index (χ3v) is 6.22. The molecule has 0 aromatic carbocycles. The van der Waals surface area contributed by atoms with E-state index in [0.29, 0.717) is 13.0 Å². The zero-order valence-electron chi connectivity index (χ0n) is 14.1. The third kappa shape index (κ3) is 2.28. The zero-order chi connectivity index (χ0) is 15.7. The number of rotatable bonds is 1. The SMILES string of the molecule is CN1C[C@]2(F)CC[C@@]1(C)C/C2=C/B1OC(C)(C)C(C)(C)O1. The van der Waals surface area contributed by atoms with Crippen LogP contribution in [-0.4, -0.2) is 48.0 Å². The molecule has 0 N–H and O–H groups in total. The third-order valence-electron chi connectivity index (χ3n) is 6.22. The van der Waals surface area contributed by atoms with Gasteiger partial charge in [-0.15, -0.1) is 0 Å². The van der Waals surface area contributed by atoms with Gasteiger partial charge in [0.1, 0.15) is 5.67 Å². The average Bonchev–Trinajstić information content (AvgIpc) is 2.51. The van der Waals surface area contributed by atoms with Gasteiger partial charge in [0, 0.05) is 12.1 Å². The van der Waals surface area contributed by atoms with Gasteiger partial charge in [0.25, 0.3) is 0 Å². The van der Waals surface area contributed by atoms with E-state index >= 15 is 4.39 Å². The van der Waals surface area contributed by atoms with Crippen LogP contribution in [0.3, 0.4) is 0 Å². The van der Waals surface area contributed by atoms with Crippen molar-refractivity contribution in [2.75, 3.05) is 13.6 Å². The smallest absolute Gasteiger partial charge is 0.400 e. The van der Waals surface area contributed by atoms with E-state index in [1.807, 2.05) is 40.7 Å². The molecule has 0 radical (unpaired) electrons. The molecule has 3 aliphatic heterocycles. The van der Waals surface area contributed by atoms with E-state index in [-0.39, 0.29) is 16.7 Å². The summed E-state index contributed by atoms with van der Waals surface area (Å²) in [5, 5.41) is 0. The Bertz CT molecular complexity index is 477. The number of fused-ring (bicyclic) bond motifs is 3. The fraction of sp³-hybridized carbons (Fsp3) is 0.875. The second-order valence-corrected chi connectivity index (χ2v) is 8.31. The van der Waals surface area contributed by atoms with Crippen LogP contribution in [0.5, 0.6) is 0 Å². The number of alkyl halides is 1. The van der Waals surface area contributed by atoms with Crippen LogP contribution < -0.4 is 0 Å². The van der Waals surface area contributed by atoms with E-state index in [4.69, 9.17) is 9.31 Å². The van der Waals surface area contributed by atoms with E-state index in [9.17, 15) is 0 Å². The lowest BCUT2D eigenvalue weighted by Crippen LogP contribution is -2.62. The number of hydrogen-bond donors (Lipinski definition) is 0. The van der Waals surface area contributed by atoms with Crippen molar-refractivity contribution in [2.45, 2.75) is 76.3 Å². The van der Waals surface area contributed by atoms with Crippen LogP contribution in [0.15, 0.2) is 11.5 Å². The fourth-order valence-electron chi connectivity index (χ4n) is 3.69. The lowest BCUT2D eigenvalue weighted by molar-refractivity contribution is -0.0389. The van der Waals surface area contributed by atoms with Crippen LogP contribution in [0.2, 0.25) is 0 Å². The highest BCUT2D eigenvalue weighted by atomic mass is 19.1. The molecule has 1 saturated carbocycles. The summed E-state index contributed by atoms with van der Waals surface area (Å²) in [5.41, 5.74) is -1.01. The maximum Gasteiger partial charge on any atom is 0.487 e. The lowest BCUT2D eigenvalue weighted by Gasteiger charge is -2.55. The van der Waals surface area contributed by atoms with Crippen molar-refractivity contribution in [3.63, 3.8) is 0 Å². The van der Waals surface area contributed by atoms with Crippen molar-refractivity contribution in [2.24, 2.45) is 0 Å². The summed E-state index contributed by atoms with van der Waals surface area (Å²) in [5.74, 6) is 1.90. The Morgan fingerprint density at radius 2 is 1.67 bits per heavy atom. The minimum atomic E-state index is -1.21. The van der Waals surface area contributed by atoms with E-state index in [2.05, 4.69) is 11.8 Å². The summed E-state index contributed by atoms with van der Waals surface area (Å²) < 4.78 is 27.2. The summed E-state index contributed by atoms with van der Waals surface area (Å²) >= 11 is 0. The molecular formula is C16H27BFNO2. The van der Waals surface area contributed by atoms with Gasteiger partial charge in [-0.2, -0.15) is 0 Å². The highest BCUT2D eigenvalue weighted by Crippen LogP contribution is 2.50. The lowest BCUT2D eigenvalue weighted by atomic mass is 9.64. The fourth-order valence-corrected chi connectivity index (χ4v) is 3.69. The van der Waals surface area contributed by atoms with Crippen molar-refractivity contribution >= 4 is 7.12 Å². The van der Waals surface area contributed by atoms with E-state index in [1.54, 1.807) is 0 Å². The molecule has 0 unspecified atom stereocenters. The maximum absolute atomic E-state index is 15.2. The standard InChI is InChI=1S/C16H27BFNO2/c1-13(2)14(3,4)21-17(20-13)10-12-9-15(5)7-8-16(12,18)11-19(15)6/h10H,7-9,11H2,1-6H3/b12-10-/t15-,16+/m0/s1. The van der Waals surface area contributed by atoms with Crippen molar-refractivity contribution < 1.29 is 13.7 Å². The molecule has 0 aromatic rings. The molecule has 4 aliphatic rings. The molecule has 1 aliphatic carbocycles. The van der Waals surface area contributed by atoms with Crippen LogP contribution >= 0.6 is 0 Å². The molecule has 5 heteroatoms. The van der Waals surface area contributed by atoms with Crippen molar-refractivity contribution in [1.82, 2.24) is 4.90 Å². The topological polar surface area (TPSA) is 21.7 Å². The molecule has 0 spiro atoms.